The van der Waals surface area contributed by atoms with Crippen LogP contribution in [0.5, 0.6) is 5.75 Å². The second-order valence-electron chi connectivity index (χ2n) is 4.35. The molecule has 0 amide bonds. The first kappa shape index (κ1) is 14.1. The molecule has 3 nitrogen and oxygen atoms in total. The molecule has 0 aliphatic heterocycles. The molecular formula is C15H16INO2. The number of nitrogens with zero attached hydrogens (tertiary/aromatic N) is 1. The maximum atomic E-state index is 11.9. The van der Waals surface area contributed by atoms with Gasteiger partial charge in [0.1, 0.15) is 5.75 Å². The van der Waals surface area contributed by atoms with Crippen LogP contribution in [0.15, 0.2) is 30.3 Å². The van der Waals surface area contributed by atoms with E-state index in [0.717, 1.165) is 28.4 Å². The molecule has 100 valence electrons. The van der Waals surface area contributed by atoms with Crippen molar-refractivity contribution in [2.75, 3.05) is 11.5 Å². The molecule has 0 spiro atoms. The summed E-state index contributed by atoms with van der Waals surface area (Å²) in [5, 5.41) is 0. The van der Waals surface area contributed by atoms with E-state index in [0.29, 0.717) is 4.43 Å². The second-order valence-corrected chi connectivity index (χ2v) is 5.11. The number of para-hydroxylation sites is 2. The fourth-order valence-corrected chi connectivity index (χ4v) is 2.71. The lowest BCUT2D eigenvalue weighted by atomic mass is 10.2. The summed E-state index contributed by atoms with van der Waals surface area (Å²) in [5.74, 6) is 0.965. The minimum absolute atomic E-state index is 0.162. The number of hydrogen-bond donors (Lipinski definition) is 0. The van der Waals surface area contributed by atoms with Crippen molar-refractivity contribution in [3.05, 3.63) is 47.3 Å². The van der Waals surface area contributed by atoms with Crippen molar-refractivity contribution >= 4 is 28.4 Å². The summed E-state index contributed by atoms with van der Waals surface area (Å²) in [5.41, 5.74) is 3.75. The molecule has 1 heterocycles. The van der Waals surface area contributed by atoms with Crippen LogP contribution in [-0.4, -0.2) is 21.9 Å². The number of methoxy groups -OCH3 is 1. The highest BCUT2D eigenvalue weighted by atomic mass is 127. The first-order valence-electron chi connectivity index (χ1n) is 6.01. The van der Waals surface area contributed by atoms with E-state index in [2.05, 4.69) is 27.2 Å². The molecule has 4 heteroatoms. The van der Waals surface area contributed by atoms with Gasteiger partial charge in [0, 0.05) is 17.0 Å². The van der Waals surface area contributed by atoms with Crippen LogP contribution in [0.3, 0.4) is 0 Å². The average molecular weight is 369 g/mol. The van der Waals surface area contributed by atoms with Gasteiger partial charge in [0.05, 0.1) is 17.2 Å². The Labute approximate surface area is 126 Å². The Kier molecular flexibility index (Phi) is 4.29. The van der Waals surface area contributed by atoms with Gasteiger partial charge in [-0.05, 0) is 32.0 Å². The van der Waals surface area contributed by atoms with Crippen molar-refractivity contribution in [3.63, 3.8) is 0 Å². The molecule has 0 radical (unpaired) electrons. The Morgan fingerprint density at radius 3 is 2.63 bits per heavy atom. The minimum Gasteiger partial charge on any atom is -0.495 e. The summed E-state index contributed by atoms with van der Waals surface area (Å²) in [6, 6.07) is 9.78. The lowest BCUT2D eigenvalue weighted by Gasteiger charge is -2.13. The molecule has 1 aromatic carbocycles. The molecule has 0 saturated carbocycles. The number of halogens is 1. The zero-order valence-corrected chi connectivity index (χ0v) is 13.4. The van der Waals surface area contributed by atoms with Gasteiger partial charge in [0.15, 0.2) is 5.78 Å². The molecule has 0 aliphatic carbocycles. The van der Waals surface area contributed by atoms with Crippen LogP contribution in [0.25, 0.3) is 5.69 Å². The first-order chi connectivity index (χ1) is 9.10. The van der Waals surface area contributed by atoms with Crippen LogP contribution in [0.4, 0.5) is 0 Å². The van der Waals surface area contributed by atoms with Gasteiger partial charge in [-0.3, -0.25) is 4.79 Å². The maximum Gasteiger partial charge on any atom is 0.174 e. The van der Waals surface area contributed by atoms with Gasteiger partial charge in [0.25, 0.3) is 0 Å². The lowest BCUT2D eigenvalue weighted by Crippen LogP contribution is -2.05. The van der Waals surface area contributed by atoms with Crippen molar-refractivity contribution in [2.24, 2.45) is 0 Å². The van der Waals surface area contributed by atoms with E-state index in [1.54, 1.807) is 7.11 Å². The van der Waals surface area contributed by atoms with E-state index in [4.69, 9.17) is 4.74 Å². The molecule has 2 rings (SSSR count). The Bertz CT molecular complexity index is 617. The zero-order chi connectivity index (χ0) is 14.0. The number of hydrogen-bond acceptors (Lipinski definition) is 2. The molecule has 0 N–H and O–H groups in total. The Morgan fingerprint density at radius 2 is 2.00 bits per heavy atom. The highest BCUT2D eigenvalue weighted by Crippen LogP contribution is 2.28. The van der Waals surface area contributed by atoms with Crippen LogP contribution in [0, 0.1) is 13.8 Å². The van der Waals surface area contributed by atoms with Crippen LogP contribution in [0.1, 0.15) is 21.7 Å². The number of benzene rings is 1. The summed E-state index contributed by atoms with van der Waals surface area (Å²) in [6.45, 7) is 3.97. The lowest BCUT2D eigenvalue weighted by molar-refractivity contribution is 0.102. The van der Waals surface area contributed by atoms with Gasteiger partial charge in [0.2, 0.25) is 0 Å². The smallest absolute Gasteiger partial charge is 0.174 e. The molecule has 0 atom stereocenters. The Balaban J connectivity index is 2.63. The van der Waals surface area contributed by atoms with Gasteiger partial charge in [-0.15, -0.1) is 0 Å². The fraction of sp³-hybridized carbons (Fsp3) is 0.267. The molecule has 0 fully saturated rings. The van der Waals surface area contributed by atoms with Crippen LogP contribution < -0.4 is 4.74 Å². The molecule has 2 aromatic rings. The number of alkyl halides is 1. The molecule has 19 heavy (non-hydrogen) atoms. The fourth-order valence-electron chi connectivity index (χ4n) is 2.30. The van der Waals surface area contributed by atoms with E-state index in [-0.39, 0.29) is 5.78 Å². The number of Topliss-reactive ketones (excluding diaryl/α,β-unsaturated/α-hetero) is 1. The Morgan fingerprint density at radius 1 is 1.32 bits per heavy atom. The standard InChI is InChI=1S/C15H16INO2/c1-10-8-12(14(18)9-16)11(2)17(10)13-6-4-5-7-15(13)19-3/h4-8H,9H2,1-3H3. The molecule has 0 bridgehead atoms. The summed E-state index contributed by atoms with van der Waals surface area (Å²) in [7, 11) is 1.66. The number of rotatable bonds is 4. The molecular weight excluding hydrogens is 353 g/mol. The van der Waals surface area contributed by atoms with Crippen molar-refractivity contribution in [3.8, 4) is 11.4 Å². The highest BCUT2D eigenvalue weighted by molar-refractivity contribution is 14.1. The number of aryl methyl sites for hydroxylation is 1. The highest BCUT2D eigenvalue weighted by Gasteiger charge is 2.17. The van der Waals surface area contributed by atoms with Crippen molar-refractivity contribution < 1.29 is 9.53 Å². The van der Waals surface area contributed by atoms with Gasteiger partial charge in [-0.25, -0.2) is 0 Å². The maximum absolute atomic E-state index is 11.9. The Hall–Kier alpha value is -1.30. The summed E-state index contributed by atoms with van der Waals surface area (Å²) in [4.78, 5) is 11.9. The predicted molar refractivity (Wildman–Crippen MR) is 85.0 cm³/mol. The van der Waals surface area contributed by atoms with E-state index in [1.807, 2.05) is 44.2 Å². The van der Waals surface area contributed by atoms with E-state index < -0.39 is 0 Å². The molecule has 1 aromatic heterocycles. The third-order valence-electron chi connectivity index (χ3n) is 3.18. The van der Waals surface area contributed by atoms with Gasteiger partial charge in [-0.2, -0.15) is 0 Å². The van der Waals surface area contributed by atoms with Crippen LogP contribution >= 0.6 is 22.6 Å². The molecule has 0 unspecified atom stereocenters. The normalized spacial score (nSPS) is 10.5. The largest absolute Gasteiger partial charge is 0.495 e. The number of aromatic nitrogens is 1. The SMILES string of the molecule is COc1ccccc1-n1c(C)cc(C(=O)CI)c1C. The number of carbonyl (C=O) groups is 1. The third kappa shape index (κ3) is 2.54. The van der Waals surface area contributed by atoms with Crippen LogP contribution in [-0.2, 0) is 0 Å². The van der Waals surface area contributed by atoms with Crippen molar-refractivity contribution in [1.29, 1.82) is 0 Å². The van der Waals surface area contributed by atoms with Gasteiger partial charge >= 0.3 is 0 Å². The zero-order valence-electron chi connectivity index (χ0n) is 11.2. The monoisotopic (exact) mass is 369 g/mol. The van der Waals surface area contributed by atoms with Gasteiger partial charge < -0.3 is 9.30 Å². The molecule has 0 saturated heterocycles. The summed E-state index contributed by atoms with van der Waals surface area (Å²) < 4.78 is 7.96. The quantitative estimate of drug-likeness (QED) is 0.467. The number of carbonyl (C=O) groups excluding carboxylic acids is 1. The van der Waals surface area contributed by atoms with Crippen LogP contribution in [0.2, 0.25) is 0 Å². The summed E-state index contributed by atoms with van der Waals surface area (Å²) in [6.07, 6.45) is 0. The number of ether oxygens (including phenoxy) is 1. The summed E-state index contributed by atoms with van der Waals surface area (Å²) >= 11 is 2.10. The average Bonchev–Trinajstić information content (AvgIpc) is 2.73. The topological polar surface area (TPSA) is 31.2 Å². The van der Waals surface area contributed by atoms with Gasteiger partial charge in [-0.1, -0.05) is 34.7 Å². The molecule has 0 aliphatic rings. The number of ketones is 1. The second kappa shape index (κ2) is 5.77. The third-order valence-corrected chi connectivity index (χ3v) is 3.87. The van der Waals surface area contributed by atoms with Crippen molar-refractivity contribution in [2.45, 2.75) is 13.8 Å². The van der Waals surface area contributed by atoms with E-state index in [9.17, 15) is 4.79 Å². The minimum atomic E-state index is 0.162. The van der Waals surface area contributed by atoms with E-state index >= 15 is 0 Å². The first-order valence-corrected chi connectivity index (χ1v) is 7.54. The van der Waals surface area contributed by atoms with E-state index in [1.165, 1.54) is 0 Å². The van der Waals surface area contributed by atoms with Crippen molar-refractivity contribution in [1.82, 2.24) is 4.57 Å². The predicted octanol–water partition coefficient (Wildman–Crippen LogP) is 3.72.